The Bertz CT molecular complexity index is 171. The van der Waals surface area contributed by atoms with Gasteiger partial charge >= 0.3 is 11.9 Å². The van der Waals surface area contributed by atoms with Crippen molar-refractivity contribution in [1.82, 2.24) is 0 Å². The first-order valence-electron chi connectivity index (χ1n) is 3.07. The van der Waals surface area contributed by atoms with Crippen molar-refractivity contribution in [3.63, 3.8) is 0 Å². The number of carbonyl (C=O) groups excluding carboxylic acids is 2. The number of allylic oxidation sites excluding steroid dienone is 1. The number of hydrogen-bond acceptors (Lipinski definition) is 4. The van der Waals surface area contributed by atoms with Gasteiger partial charge in [-0.25, -0.2) is 9.59 Å². The molecule has 0 spiro atoms. The molecule has 0 unspecified atom stereocenters. The summed E-state index contributed by atoms with van der Waals surface area (Å²) in [5.74, 6) is -1.11. The van der Waals surface area contributed by atoms with Gasteiger partial charge in [0, 0.05) is 6.08 Å². The lowest BCUT2D eigenvalue weighted by Crippen LogP contribution is -2.13. The molecule has 4 nitrogen and oxygen atoms in total. The first kappa shape index (κ1) is 9.68. The van der Waals surface area contributed by atoms with E-state index in [9.17, 15) is 9.59 Å². The summed E-state index contributed by atoms with van der Waals surface area (Å²) in [6.07, 6.45) is 2.75. The van der Waals surface area contributed by atoms with Gasteiger partial charge in [-0.2, -0.15) is 0 Å². The summed E-state index contributed by atoms with van der Waals surface area (Å²) in [7, 11) is 1.23. The summed E-state index contributed by atoms with van der Waals surface area (Å²) in [5, 5.41) is 0. The lowest BCUT2D eigenvalue weighted by molar-refractivity contribution is -0.154. The number of hydrogen-bond donors (Lipinski definition) is 0. The molecule has 0 amide bonds. The number of methoxy groups -OCH3 is 1. The number of carbonyl (C=O) groups is 2. The Morgan fingerprint density at radius 3 is 2.55 bits per heavy atom. The summed E-state index contributed by atoms with van der Waals surface area (Å²) in [5.41, 5.74) is 0. The van der Waals surface area contributed by atoms with E-state index < -0.39 is 11.9 Å². The second kappa shape index (κ2) is 5.46. The molecular formula is C7H10O4. The summed E-state index contributed by atoms with van der Waals surface area (Å²) in [6, 6.07) is 0. The first-order valence-corrected chi connectivity index (χ1v) is 3.07. The summed E-state index contributed by atoms with van der Waals surface area (Å²) >= 11 is 0. The maximum atomic E-state index is 10.5. The SMILES string of the molecule is C/C=C\C(=O)OCC(=O)OC. The smallest absolute Gasteiger partial charge is 0.344 e. The van der Waals surface area contributed by atoms with Crippen molar-refractivity contribution in [2.75, 3.05) is 13.7 Å². The van der Waals surface area contributed by atoms with Crippen molar-refractivity contribution in [2.24, 2.45) is 0 Å². The van der Waals surface area contributed by atoms with Gasteiger partial charge in [-0.15, -0.1) is 0 Å². The van der Waals surface area contributed by atoms with Crippen LogP contribution in [0.1, 0.15) is 6.92 Å². The zero-order valence-corrected chi connectivity index (χ0v) is 6.49. The van der Waals surface area contributed by atoms with E-state index >= 15 is 0 Å². The van der Waals surface area contributed by atoms with Crippen LogP contribution in [0.2, 0.25) is 0 Å². The van der Waals surface area contributed by atoms with E-state index in [4.69, 9.17) is 0 Å². The van der Waals surface area contributed by atoms with Crippen LogP contribution in [-0.2, 0) is 19.1 Å². The van der Waals surface area contributed by atoms with E-state index in [1.807, 2.05) is 0 Å². The molecular weight excluding hydrogens is 148 g/mol. The van der Waals surface area contributed by atoms with Gasteiger partial charge in [-0.1, -0.05) is 6.08 Å². The van der Waals surface area contributed by atoms with Crippen LogP contribution in [0.15, 0.2) is 12.2 Å². The average molecular weight is 158 g/mol. The number of ether oxygens (including phenoxy) is 2. The fourth-order valence-corrected chi connectivity index (χ4v) is 0.373. The van der Waals surface area contributed by atoms with Crippen LogP contribution in [0, 0.1) is 0 Å². The summed E-state index contributed by atoms with van der Waals surface area (Å²) in [4.78, 5) is 20.9. The monoisotopic (exact) mass is 158 g/mol. The fourth-order valence-electron chi connectivity index (χ4n) is 0.373. The Morgan fingerprint density at radius 1 is 1.45 bits per heavy atom. The van der Waals surface area contributed by atoms with Gasteiger partial charge in [0.05, 0.1) is 7.11 Å². The van der Waals surface area contributed by atoms with Crippen LogP contribution in [0.3, 0.4) is 0 Å². The van der Waals surface area contributed by atoms with Crippen molar-refractivity contribution in [3.05, 3.63) is 12.2 Å². The largest absolute Gasteiger partial charge is 0.466 e. The molecule has 0 aromatic carbocycles. The van der Waals surface area contributed by atoms with E-state index in [1.54, 1.807) is 6.92 Å². The molecule has 0 heterocycles. The third-order valence-corrected chi connectivity index (χ3v) is 0.863. The molecule has 0 saturated carbocycles. The predicted octanol–water partition coefficient (Wildman–Crippen LogP) is 0.279. The molecule has 11 heavy (non-hydrogen) atoms. The average Bonchev–Trinajstić information content (AvgIpc) is 2.01. The Morgan fingerprint density at radius 2 is 2.09 bits per heavy atom. The predicted molar refractivity (Wildman–Crippen MR) is 37.8 cm³/mol. The van der Waals surface area contributed by atoms with Crippen LogP contribution >= 0.6 is 0 Å². The van der Waals surface area contributed by atoms with Crippen molar-refractivity contribution < 1.29 is 19.1 Å². The highest BCUT2D eigenvalue weighted by Crippen LogP contribution is 1.82. The second-order valence-corrected chi connectivity index (χ2v) is 1.68. The molecule has 0 aromatic rings. The molecule has 0 saturated heterocycles. The van der Waals surface area contributed by atoms with Crippen LogP contribution in [-0.4, -0.2) is 25.7 Å². The van der Waals surface area contributed by atoms with Crippen molar-refractivity contribution in [1.29, 1.82) is 0 Å². The molecule has 4 heteroatoms. The highest BCUT2D eigenvalue weighted by Gasteiger charge is 2.02. The zero-order chi connectivity index (χ0) is 8.69. The van der Waals surface area contributed by atoms with Gasteiger partial charge < -0.3 is 9.47 Å². The van der Waals surface area contributed by atoms with Gasteiger partial charge in [0.1, 0.15) is 0 Å². The minimum atomic E-state index is -0.567. The third-order valence-electron chi connectivity index (χ3n) is 0.863. The molecule has 0 aromatic heterocycles. The zero-order valence-electron chi connectivity index (χ0n) is 6.49. The highest BCUT2D eigenvalue weighted by atomic mass is 16.6. The van der Waals surface area contributed by atoms with Crippen molar-refractivity contribution >= 4 is 11.9 Å². The Balaban J connectivity index is 3.54. The van der Waals surface area contributed by atoms with Crippen LogP contribution in [0.5, 0.6) is 0 Å². The minimum absolute atomic E-state index is 0.334. The van der Waals surface area contributed by atoms with Gasteiger partial charge in [-0.05, 0) is 6.92 Å². The topological polar surface area (TPSA) is 52.6 Å². The second-order valence-electron chi connectivity index (χ2n) is 1.68. The number of esters is 2. The molecule has 0 fully saturated rings. The normalized spacial score (nSPS) is 9.64. The van der Waals surface area contributed by atoms with E-state index in [2.05, 4.69) is 9.47 Å². The lowest BCUT2D eigenvalue weighted by Gasteiger charge is -1.98. The molecule has 0 aliphatic carbocycles. The fraction of sp³-hybridized carbons (Fsp3) is 0.429. The first-order chi connectivity index (χ1) is 5.20. The highest BCUT2D eigenvalue weighted by molar-refractivity contribution is 5.84. The maximum Gasteiger partial charge on any atom is 0.344 e. The maximum absolute atomic E-state index is 10.5. The van der Waals surface area contributed by atoms with Crippen LogP contribution in [0.25, 0.3) is 0 Å². The molecule has 0 rings (SSSR count). The van der Waals surface area contributed by atoms with Crippen LogP contribution in [0.4, 0.5) is 0 Å². The molecule has 62 valence electrons. The van der Waals surface area contributed by atoms with Gasteiger partial charge in [0.15, 0.2) is 6.61 Å². The standard InChI is InChI=1S/C7H10O4/c1-3-4-6(8)11-5-7(9)10-2/h3-4H,5H2,1-2H3/b4-3-. The van der Waals surface area contributed by atoms with Gasteiger partial charge in [-0.3, -0.25) is 0 Å². The third kappa shape index (κ3) is 5.14. The number of rotatable bonds is 3. The molecule has 0 aliphatic rings. The van der Waals surface area contributed by atoms with E-state index in [0.717, 1.165) is 0 Å². The summed E-state index contributed by atoms with van der Waals surface area (Å²) < 4.78 is 8.67. The molecule has 0 N–H and O–H groups in total. The van der Waals surface area contributed by atoms with Crippen LogP contribution < -0.4 is 0 Å². The quantitative estimate of drug-likeness (QED) is 0.437. The molecule has 0 aliphatic heterocycles. The van der Waals surface area contributed by atoms with Crippen molar-refractivity contribution in [2.45, 2.75) is 6.92 Å². The Hall–Kier alpha value is -1.32. The minimum Gasteiger partial charge on any atom is -0.466 e. The van der Waals surface area contributed by atoms with E-state index in [1.165, 1.54) is 19.3 Å². The summed E-state index contributed by atoms with van der Waals surface area (Å²) in [6.45, 7) is 1.35. The van der Waals surface area contributed by atoms with Gasteiger partial charge in [0.25, 0.3) is 0 Å². The van der Waals surface area contributed by atoms with E-state index in [0.29, 0.717) is 0 Å². The van der Waals surface area contributed by atoms with Gasteiger partial charge in [0.2, 0.25) is 0 Å². The molecule has 0 bridgehead atoms. The Kier molecular flexibility index (Phi) is 4.81. The van der Waals surface area contributed by atoms with Crippen molar-refractivity contribution in [3.8, 4) is 0 Å². The lowest BCUT2D eigenvalue weighted by atomic mass is 10.5. The van der Waals surface area contributed by atoms with E-state index in [-0.39, 0.29) is 6.61 Å². The Labute approximate surface area is 64.8 Å². The molecule has 0 radical (unpaired) electrons. The molecule has 0 atom stereocenters.